The van der Waals surface area contributed by atoms with E-state index in [9.17, 15) is 4.79 Å². The smallest absolute Gasteiger partial charge is 0.258 e. The van der Waals surface area contributed by atoms with Gasteiger partial charge in [0.1, 0.15) is 0 Å². The summed E-state index contributed by atoms with van der Waals surface area (Å²) in [5.74, 6) is 0.214. The van der Waals surface area contributed by atoms with Crippen molar-refractivity contribution in [2.24, 2.45) is 12.0 Å². The van der Waals surface area contributed by atoms with Gasteiger partial charge in [0.15, 0.2) is 0 Å². The SMILES string of the molecule is Cc1ccc(NC(=NCc2c(C)nn(C)c2C)NC(=O)c2ccccc2C)cc1. The molecular formula is C23H27N5O. The summed E-state index contributed by atoms with van der Waals surface area (Å²) in [6, 6.07) is 15.5. The zero-order valence-corrected chi connectivity index (χ0v) is 17.6. The molecule has 0 aliphatic rings. The van der Waals surface area contributed by atoms with Crippen LogP contribution in [0.2, 0.25) is 0 Å². The van der Waals surface area contributed by atoms with Crippen LogP contribution in [0.15, 0.2) is 53.5 Å². The van der Waals surface area contributed by atoms with Crippen molar-refractivity contribution in [3.63, 3.8) is 0 Å². The van der Waals surface area contributed by atoms with Crippen molar-refractivity contribution in [1.82, 2.24) is 15.1 Å². The van der Waals surface area contributed by atoms with Crippen molar-refractivity contribution in [1.29, 1.82) is 0 Å². The summed E-state index contributed by atoms with van der Waals surface area (Å²) in [6.07, 6.45) is 0. The molecule has 2 N–H and O–H groups in total. The van der Waals surface area contributed by atoms with Crippen LogP contribution in [-0.2, 0) is 13.6 Å². The Kier molecular flexibility index (Phi) is 6.12. The van der Waals surface area contributed by atoms with Gasteiger partial charge in [-0.15, -0.1) is 0 Å². The number of carbonyl (C=O) groups excluding carboxylic acids is 1. The van der Waals surface area contributed by atoms with E-state index >= 15 is 0 Å². The number of hydrogen-bond donors (Lipinski definition) is 2. The number of amides is 1. The van der Waals surface area contributed by atoms with E-state index in [0.717, 1.165) is 28.2 Å². The Morgan fingerprint density at radius 2 is 1.72 bits per heavy atom. The Morgan fingerprint density at radius 3 is 2.34 bits per heavy atom. The van der Waals surface area contributed by atoms with E-state index in [-0.39, 0.29) is 5.91 Å². The van der Waals surface area contributed by atoms with Crippen LogP contribution in [0.4, 0.5) is 5.69 Å². The molecule has 6 nitrogen and oxygen atoms in total. The lowest BCUT2D eigenvalue weighted by Gasteiger charge is -2.13. The van der Waals surface area contributed by atoms with E-state index in [0.29, 0.717) is 18.1 Å². The van der Waals surface area contributed by atoms with Gasteiger partial charge in [0.05, 0.1) is 12.2 Å². The molecule has 0 spiro atoms. The number of nitrogens with one attached hydrogen (secondary N) is 2. The Bertz CT molecular complexity index is 1050. The highest BCUT2D eigenvalue weighted by Gasteiger charge is 2.13. The first kappa shape index (κ1) is 20.3. The molecule has 3 aromatic rings. The van der Waals surface area contributed by atoms with E-state index in [1.165, 1.54) is 5.56 Å². The maximum absolute atomic E-state index is 12.8. The average Bonchev–Trinajstić information content (AvgIpc) is 2.93. The summed E-state index contributed by atoms with van der Waals surface area (Å²) in [5, 5.41) is 10.6. The third-order valence-electron chi connectivity index (χ3n) is 4.99. The second-order valence-corrected chi connectivity index (χ2v) is 7.20. The number of aliphatic imine (C=N–C) groups is 1. The van der Waals surface area contributed by atoms with E-state index in [1.807, 2.05) is 88.0 Å². The van der Waals surface area contributed by atoms with Gasteiger partial charge in [-0.2, -0.15) is 5.10 Å². The molecule has 0 aliphatic heterocycles. The van der Waals surface area contributed by atoms with Gasteiger partial charge in [-0.1, -0.05) is 35.9 Å². The molecule has 0 saturated carbocycles. The number of benzene rings is 2. The molecule has 0 radical (unpaired) electrons. The second kappa shape index (κ2) is 8.73. The number of aryl methyl sites for hydroxylation is 4. The highest BCUT2D eigenvalue weighted by Crippen LogP contribution is 2.14. The van der Waals surface area contributed by atoms with Crippen molar-refractivity contribution in [2.45, 2.75) is 34.2 Å². The van der Waals surface area contributed by atoms with Crippen LogP contribution >= 0.6 is 0 Å². The molecule has 1 amide bonds. The fraction of sp³-hybridized carbons (Fsp3) is 0.261. The number of hydrogen-bond acceptors (Lipinski definition) is 3. The predicted octanol–water partition coefficient (Wildman–Crippen LogP) is 4.05. The molecule has 1 aromatic heterocycles. The van der Waals surface area contributed by atoms with Gasteiger partial charge in [-0.3, -0.25) is 14.8 Å². The first-order valence-electron chi connectivity index (χ1n) is 9.59. The topological polar surface area (TPSA) is 71.3 Å². The van der Waals surface area contributed by atoms with E-state index in [2.05, 4.69) is 20.7 Å². The molecule has 0 bridgehead atoms. The quantitative estimate of drug-likeness (QED) is 0.522. The Morgan fingerprint density at radius 1 is 1.03 bits per heavy atom. The van der Waals surface area contributed by atoms with Gasteiger partial charge >= 0.3 is 0 Å². The number of rotatable bonds is 4. The van der Waals surface area contributed by atoms with Crippen molar-refractivity contribution < 1.29 is 4.79 Å². The average molecular weight is 390 g/mol. The van der Waals surface area contributed by atoms with Crippen LogP contribution in [0.3, 0.4) is 0 Å². The zero-order chi connectivity index (χ0) is 21.0. The molecule has 29 heavy (non-hydrogen) atoms. The summed E-state index contributed by atoms with van der Waals surface area (Å²) in [5.41, 5.74) is 6.62. The van der Waals surface area contributed by atoms with Gasteiger partial charge in [0.25, 0.3) is 5.91 Å². The van der Waals surface area contributed by atoms with Gasteiger partial charge in [-0.05, 0) is 51.5 Å². The standard InChI is InChI=1S/C23H27N5O/c1-15-10-12-19(13-11-15)25-23(24-14-21-17(3)27-28(5)18(21)4)26-22(29)20-9-7-6-8-16(20)2/h6-13H,14H2,1-5H3,(H2,24,25,26,29). The highest BCUT2D eigenvalue weighted by atomic mass is 16.1. The minimum Gasteiger partial charge on any atom is -0.326 e. The van der Waals surface area contributed by atoms with E-state index < -0.39 is 0 Å². The Hall–Kier alpha value is -3.41. The van der Waals surface area contributed by atoms with Gasteiger partial charge < -0.3 is 5.32 Å². The lowest BCUT2D eigenvalue weighted by Crippen LogP contribution is -2.36. The summed E-state index contributed by atoms with van der Waals surface area (Å²) in [4.78, 5) is 17.5. The number of nitrogens with zero attached hydrogens (tertiary/aromatic N) is 3. The summed E-state index contributed by atoms with van der Waals surface area (Å²) < 4.78 is 1.85. The molecule has 6 heteroatoms. The number of anilines is 1. The minimum atomic E-state index is -0.193. The molecule has 0 saturated heterocycles. The maximum Gasteiger partial charge on any atom is 0.258 e. The molecule has 0 aliphatic carbocycles. The molecule has 2 aromatic carbocycles. The lowest BCUT2D eigenvalue weighted by atomic mass is 10.1. The largest absolute Gasteiger partial charge is 0.326 e. The summed E-state index contributed by atoms with van der Waals surface area (Å²) >= 11 is 0. The molecule has 0 fully saturated rings. The summed E-state index contributed by atoms with van der Waals surface area (Å²) in [7, 11) is 1.92. The van der Waals surface area contributed by atoms with Crippen LogP contribution < -0.4 is 10.6 Å². The van der Waals surface area contributed by atoms with Gasteiger partial charge in [0.2, 0.25) is 5.96 Å². The molecule has 1 heterocycles. The summed E-state index contributed by atoms with van der Waals surface area (Å²) in [6.45, 7) is 8.36. The van der Waals surface area contributed by atoms with Crippen LogP contribution in [0.25, 0.3) is 0 Å². The van der Waals surface area contributed by atoms with Crippen molar-refractivity contribution in [3.05, 3.63) is 82.2 Å². The Labute approximate surface area is 171 Å². The van der Waals surface area contributed by atoms with Crippen molar-refractivity contribution in [2.75, 3.05) is 5.32 Å². The monoisotopic (exact) mass is 389 g/mol. The first-order chi connectivity index (χ1) is 13.8. The third-order valence-corrected chi connectivity index (χ3v) is 4.99. The molecule has 3 rings (SSSR count). The third kappa shape index (κ3) is 4.90. The zero-order valence-electron chi connectivity index (χ0n) is 17.6. The predicted molar refractivity (Wildman–Crippen MR) is 117 cm³/mol. The van der Waals surface area contributed by atoms with E-state index in [4.69, 9.17) is 0 Å². The maximum atomic E-state index is 12.8. The van der Waals surface area contributed by atoms with Crippen LogP contribution in [-0.4, -0.2) is 21.6 Å². The number of carbonyl (C=O) groups is 1. The highest BCUT2D eigenvalue weighted by molar-refractivity contribution is 6.10. The Balaban J connectivity index is 1.87. The minimum absolute atomic E-state index is 0.193. The number of guanidine groups is 1. The van der Waals surface area contributed by atoms with Gasteiger partial charge in [-0.25, -0.2) is 4.99 Å². The van der Waals surface area contributed by atoms with Crippen LogP contribution in [0.1, 0.15) is 38.4 Å². The molecule has 0 unspecified atom stereocenters. The van der Waals surface area contributed by atoms with Crippen LogP contribution in [0.5, 0.6) is 0 Å². The molecular weight excluding hydrogens is 362 g/mol. The fourth-order valence-corrected chi connectivity index (χ4v) is 3.09. The normalized spacial score (nSPS) is 11.4. The lowest BCUT2D eigenvalue weighted by molar-refractivity contribution is 0.0976. The first-order valence-corrected chi connectivity index (χ1v) is 9.59. The number of aromatic nitrogens is 2. The van der Waals surface area contributed by atoms with E-state index in [1.54, 1.807) is 0 Å². The van der Waals surface area contributed by atoms with Crippen molar-refractivity contribution in [3.8, 4) is 0 Å². The molecule has 0 atom stereocenters. The molecule has 150 valence electrons. The second-order valence-electron chi connectivity index (χ2n) is 7.20. The van der Waals surface area contributed by atoms with Gasteiger partial charge in [0, 0.05) is 29.6 Å². The van der Waals surface area contributed by atoms with Crippen molar-refractivity contribution >= 4 is 17.6 Å². The van der Waals surface area contributed by atoms with Crippen LogP contribution in [0, 0.1) is 27.7 Å². The fourth-order valence-electron chi connectivity index (χ4n) is 3.09.